The first-order valence-electron chi connectivity index (χ1n) is 9.56. The van der Waals surface area contributed by atoms with Gasteiger partial charge in [-0.15, -0.1) is 11.3 Å². The topological polar surface area (TPSA) is 123 Å². The fourth-order valence-corrected chi connectivity index (χ4v) is 4.38. The number of methoxy groups -OCH3 is 2. The molecule has 3 aromatic heterocycles. The van der Waals surface area contributed by atoms with E-state index in [4.69, 9.17) is 14.5 Å². The van der Waals surface area contributed by atoms with E-state index >= 15 is 0 Å². The summed E-state index contributed by atoms with van der Waals surface area (Å²) in [6.07, 6.45) is 2.59. The van der Waals surface area contributed by atoms with E-state index in [2.05, 4.69) is 4.98 Å². The molecule has 0 amide bonds. The minimum atomic E-state index is -0.962. The summed E-state index contributed by atoms with van der Waals surface area (Å²) < 4.78 is 11.3. The van der Waals surface area contributed by atoms with E-state index in [1.165, 1.54) is 18.4 Å². The number of nitrogens with zero attached hydrogens (tertiary/aromatic N) is 2. The number of imidazole rings is 1. The average molecular weight is 453 g/mol. The SMILES string of the molecule is COC(=O)C[C@H](c1c(O)c(C(=O)OC)c[nH]c1=O)c1c(-c2ccccc2)nc2sccn12. The number of pyridine rings is 1. The second-order valence-corrected chi connectivity index (χ2v) is 7.76. The Balaban J connectivity index is 2.03. The number of carbonyl (C=O) groups excluding carboxylic acids is 2. The smallest absolute Gasteiger partial charge is 0.343 e. The third-order valence-corrected chi connectivity index (χ3v) is 5.89. The fraction of sp³-hybridized carbons (Fsp3) is 0.182. The van der Waals surface area contributed by atoms with Crippen molar-refractivity contribution in [1.82, 2.24) is 14.4 Å². The first-order valence-corrected chi connectivity index (χ1v) is 10.4. The van der Waals surface area contributed by atoms with E-state index < -0.39 is 29.2 Å². The van der Waals surface area contributed by atoms with Crippen LogP contribution in [0.3, 0.4) is 0 Å². The number of hydrogen-bond acceptors (Lipinski definition) is 8. The highest BCUT2D eigenvalue weighted by molar-refractivity contribution is 7.15. The lowest BCUT2D eigenvalue weighted by Gasteiger charge is -2.19. The van der Waals surface area contributed by atoms with E-state index in [1.54, 1.807) is 10.6 Å². The molecule has 0 fully saturated rings. The third kappa shape index (κ3) is 3.65. The number of H-pyrrole nitrogens is 1. The standard InChI is InChI=1S/C22H19N3O6S/c1-30-15(26)10-13(16-19(27)14(21(29)31-2)11-23-20(16)28)18-17(12-6-4-3-5-7-12)24-22-25(18)8-9-32-22/h3-9,11,13H,10H2,1-2H3,(H2,23,27,28)/t13-/m1/s1. The van der Waals surface area contributed by atoms with Crippen molar-refractivity contribution in [2.45, 2.75) is 12.3 Å². The number of ether oxygens (including phenoxy) is 2. The molecule has 9 nitrogen and oxygen atoms in total. The molecule has 4 aromatic rings. The predicted octanol–water partition coefficient (Wildman–Crippen LogP) is 2.94. The summed E-state index contributed by atoms with van der Waals surface area (Å²) in [5, 5.41) is 12.7. The molecule has 0 bridgehead atoms. The number of aromatic amines is 1. The van der Waals surface area contributed by atoms with Crippen molar-refractivity contribution < 1.29 is 24.2 Å². The predicted molar refractivity (Wildman–Crippen MR) is 117 cm³/mol. The van der Waals surface area contributed by atoms with Gasteiger partial charge in [0.2, 0.25) is 0 Å². The van der Waals surface area contributed by atoms with Gasteiger partial charge in [0.1, 0.15) is 11.3 Å². The normalized spacial score (nSPS) is 11.9. The van der Waals surface area contributed by atoms with Gasteiger partial charge in [0.05, 0.1) is 37.6 Å². The van der Waals surface area contributed by atoms with Gasteiger partial charge >= 0.3 is 11.9 Å². The van der Waals surface area contributed by atoms with Crippen LogP contribution in [-0.2, 0) is 14.3 Å². The number of esters is 2. The Hall–Kier alpha value is -3.92. The Kier molecular flexibility index (Phi) is 5.78. The molecule has 10 heteroatoms. The Bertz CT molecular complexity index is 1360. The van der Waals surface area contributed by atoms with Gasteiger partial charge in [-0.1, -0.05) is 30.3 Å². The van der Waals surface area contributed by atoms with Crippen LogP contribution in [0.5, 0.6) is 5.75 Å². The van der Waals surface area contributed by atoms with E-state index in [1.807, 2.05) is 35.7 Å². The summed E-state index contributed by atoms with van der Waals surface area (Å²) in [4.78, 5) is 45.2. The van der Waals surface area contributed by atoms with E-state index in [0.29, 0.717) is 16.3 Å². The minimum absolute atomic E-state index is 0.150. The zero-order valence-electron chi connectivity index (χ0n) is 17.2. The second kappa shape index (κ2) is 8.67. The lowest BCUT2D eigenvalue weighted by molar-refractivity contribution is -0.140. The molecule has 32 heavy (non-hydrogen) atoms. The molecule has 1 aromatic carbocycles. The van der Waals surface area contributed by atoms with Crippen molar-refractivity contribution in [3.63, 3.8) is 0 Å². The Labute approximate surface area is 185 Å². The van der Waals surface area contributed by atoms with Crippen molar-refractivity contribution in [2.24, 2.45) is 0 Å². The van der Waals surface area contributed by atoms with Gasteiger partial charge in [0, 0.05) is 29.3 Å². The van der Waals surface area contributed by atoms with Gasteiger partial charge in [0.25, 0.3) is 5.56 Å². The number of aromatic nitrogens is 3. The van der Waals surface area contributed by atoms with Gasteiger partial charge < -0.3 is 19.6 Å². The number of benzene rings is 1. The highest BCUT2D eigenvalue weighted by Gasteiger charge is 2.33. The molecule has 4 rings (SSSR count). The molecule has 3 heterocycles. The zero-order chi connectivity index (χ0) is 22.8. The van der Waals surface area contributed by atoms with Crippen molar-refractivity contribution in [3.05, 3.63) is 75.3 Å². The number of thiazole rings is 1. The molecule has 0 saturated carbocycles. The molecule has 164 valence electrons. The van der Waals surface area contributed by atoms with Crippen LogP contribution in [0.1, 0.15) is 34.0 Å². The second-order valence-electron chi connectivity index (χ2n) is 6.89. The molecule has 0 radical (unpaired) electrons. The molecule has 0 aliphatic rings. The van der Waals surface area contributed by atoms with Crippen LogP contribution in [0, 0.1) is 0 Å². The molecule has 0 unspecified atom stereocenters. The maximum absolute atomic E-state index is 12.9. The third-order valence-electron chi connectivity index (χ3n) is 5.13. The molecule has 0 spiro atoms. The summed E-state index contributed by atoms with van der Waals surface area (Å²) in [5.41, 5.74) is 0.823. The Morgan fingerprint density at radius 3 is 2.66 bits per heavy atom. The van der Waals surface area contributed by atoms with Crippen LogP contribution in [0.2, 0.25) is 0 Å². The van der Waals surface area contributed by atoms with Gasteiger partial charge in [-0.3, -0.25) is 14.0 Å². The molecule has 0 aliphatic heterocycles. The molecular weight excluding hydrogens is 434 g/mol. The first kappa shape index (κ1) is 21.3. The van der Waals surface area contributed by atoms with Gasteiger partial charge in [0.15, 0.2) is 4.96 Å². The number of fused-ring (bicyclic) bond motifs is 1. The van der Waals surface area contributed by atoms with Gasteiger partial charge in [-0.25, -0.2) is 9.78 Å². The molecule has 1 atom stereocenters. The quantitative estimate of drug-likeness (QED) is 0.430. The molecule has 0 aliphatic carbocycles. The highest BCUT2D eigenvalue weighted by atomic mass is 32.1. The van der Waals surface area contributed by atoms with Crippen LogP contribution in [0.4, 0.5) is 0 Å². The first-order chi connectivity index (χ1) is 15.5. The van der Waals surface area contributed by atoms with E-state index in [-0.39, 0.29) is 17.5 Å². The van der Waals surface area contributed by atoms with E-state index in [0.717, 1.165) is 18.9 Å². The number of nitrogens with one attached hydrogen (secondary N) is 1. The maximum atomic E-state index is 12.9. The van der Waals surface area contributed by atoms with Crippen molar-refractivity contribution >= 4 is 28.2 Å². The Morgan fingerprint density at radius 1 is 1.22 bits per heavy atom. The highest BCUT2D eigenvalue weighted by Crippen LogP contribution is 2.39. The summed E-state index contributed by atoms with van der Waals surface area (Å²) in [7, 11) is 2.40. The van der Waals surface area contributed by atoms with Gasteiger partial charge in [-0.2, -0.15) is 0 Å². The number of carbonyl (C=O) groups is 2. The minimum Gasteiger partial charge on any atom is -0.506 e. The summed E-state index contributed by atoms with van der Waals surface area (Å²) in [6.45, 7) is 0. The zero-order valence-corrected chi connectivity index (χ0v) is 18.0. The fourth-order valence-electron chi connectivity index (χ4n) is 3.66. The monoisotopic (exact) mass is 453 g/mol. The average Bonchev–Trinajstić information content (AvgIpc) is 3.40. The molecular formula is C22H19N3O6S. The summed E-state index contributed by atoms with van der Waals surface area (Å²) in [6, 6.07) is 9.29. The van der Waals surface area contributed by atoms with Crippen LogP contribution < -0.4 is 5.56 Å². The largest absolute Gasteiger partial charge is 0.506 e. The van der Waals surface area contributed by atoms with Crippen molar-refractivity contribution in [1.29, 1.82) is 0 Å². The number of rotatable bonds is 6. The van der Waals surface area contributed by atoms with Gasteiger partial charge in [-0.05, 0) is 0 Å². The van der Waals surface area contributed by atoms with Crippen molar-refractivity contribution in [3.8, 4) is 17.0 Å². The lowest BCUT2D eigenvalue weighted by Crippen LogP contribution is -2.23. The summed E-state index contributed by atoms with van der Waals surface area (Å²) in [5.74, 6) is -2.94. The number of aromatic hydroxyl groups is 1. The van der Waals surface area contributed by atoms with Crippen molar-refractivity contribution in [2.75, 3.05) is 14.2 Å². The molecule has 0 saturated heterocycles. The Morgan fingerprint density at radius 2 is 1.97 bits per heavy atom. The maximum Gasteiger partial charge on any atom is 0.343 e. The lowest BCUT2D eigenvalue weighted by atomic mass is 9.89. The number of hydrogen-bond donors (Lipinski definition) is 2. The van der Waals surface area contributed by atoms with Crippen LogP contribution in [0.15, 0.2) is 52.9 Å². The van der Waals surface area contributed by atoms with E-state index in [9.17, 15) is 19.5 Å². The van der Waals surface area contributed by atoms with Crippen LogP contribution in [-0.4, -0.2) is 45.6 Å². The summed E-state index contributed by atoms with van der Waals surface area (Å²) >= 11 is 1.39. The molecule has 2 N–H and O–H groups in total. The van der Waals surface area contributed by atoms with Crippen LogP contribution >= 0.6 is 11.3 Å². The van der Waals surface area contributed by atoms with Crippen LogP contribution in [0.25, 0.3) is 16.2 Å².